The third kappa shape index (κ3) is 3.15. The lowest BCUT2D eigenvalue weighted by Gasteiger charge is -2.16. The van der Waals surface area contributed by atoms with Crippen molar-refractivity contribution in [1.82, 2.24) is 4.90 Å². The Labute approximate surface area is 88.4 Å². The molecular weight excluding hydrogens is 207 g/mol. The predicted molar refractivity (Wildman–Crippen MR) is 52.7 cm³/mol. The van der Waals surface area contributed by atoms with Crippen molar-refractivity contribution < 1.29 is 9.18 Å². The summed E-state index contributed by atoms with van der Waals surface area (Å²) < 4.78 is 12.7. The lowest BCUT2D eigenvalue weighted by molar-refractivity contribution is -0.128. The Hall–Kier alpha value is -0.820. The lowest BCUT2D eigenvalue weighted by atomic mass is 10.2. The van der Waals surface area contributed by atoms with Gasteiger partial charge in [0, 0.05) is 6.42 Å². The number of likely N-dealkylation sites (tertiary alicyclic amines) is 1. The second-order valence-corrected chi connectivity index (χ2v) is 2.92. The van der Waals surface area contributed by atoms with Crippen LogP contribution in [-0.2, 0) is 4.79 Å². The summed E-state index contributed by atoms with van der Waals surface area (Å²) in [6, 6.07) is 1.23. The molecule has 2 unspecified atom stereocenters. The van der Waals surface area contributed by atoms with Gasteiger partial charge in [-0.05, 0) is 0 Å². The fourth-order valence-electron chi connectivity index (χ4n) is 1.26. The molecule has 2 atom stereocenters. The summed E-state index contributed by atoms with van der Waals surface area (Å²) in [6.45, 7) is 4.00. The molecule has 5 heteroatoms. The van der Waals surface area contributed by atoms with Gasteiger partial charge in [-0.3, -0.25) is 4.79 Å². The first-order valence-corrected chi connectivity index (χ1v) is 5.11. The van der Waals surface area contributed by atoms with Gasteiger partial charge in [-0.25, -0.2) is 4.39 Å². The van der Waals surface area contributed by atoms with E-state index in [2.05, 4.69) is 0 Å². The van der Waals surface area contributed by atoms with Crippen LogP contribution in [-0.4, -0.2) is 35.4 Å². The van der Waals surface area contributed by atoms with Crippen molar-refractivity contribution in [3.63, 3.8) is 0 Å². The molecule has 0 spiro atoms. The third-order valence-corrected chi connectivity index (χ3v) is 2.06. The molecule has 1 aliphatic rings. The summed E-state index contributed by atoms with van der Waals surface area (Å²) in [5.41, 5.74) is 0. The summed E-state index contributed by atoms with van der Waals surface area (Å²) in [6.07, 6.45) is -0.971. The topological polar surface area (TPSA) is 44.1 Å². The van der Waals surface area contributed by atoms with Crippen LogP contribution in [0.2, 0.25) is 0 Å². The van der Waals surface area contributed by atoms with Gasteiger partial charge in [0.2, 0.25) is 5.91 Å². The molecule has 0 aromatic heterocycles. The van der Waals surface area contributed by atoms with E-state index < -0.39 is 12.2 Å². The van der Waals surface area contributed by atoms with Gasteiger partial charge in [-0.1, -0.05) is 13.8 Å². The second-order valence-electron chi connectivity index (χ2n) is 2.66. The molecule has 0 aliphatic carbocycles. The number of hydrogen-bond acceptors (Lipinski definition) is 2. The number of rotatable bonds is 1. The molecular formula is C9H14ClFN2O. The molecule has 14 heavy (non-hydrogen) atoms. The van der Waals surface area contributed by atoms with Gasteiger partial charge in [0.05, 0.1) is 12.6 Å². The molecule has 1 rings (SSSR count). The van der Waals surface area contributed by atoms with E-state index in [0.29, 0.717) is 0 Å². The van der Waals surface area contributed by atoms with E-state index >= 15 is 0 Å². The monoisotopic (exact) mass is 220 g/mol. The van der Waals surface area contributed by atoms with Crippen molar-refractivity contribution in [1.29, 1.82) is 5.26 Å². The highest BCUT2D eigenvalue weighted by Crippen LogP contribution is 2.19. The Kier molecular flexibility index (Phi) is 6.22. The van der Waals surface area contributed by atoms with E-state index in [0.717, 1.165) is 0 Å². The van der Waals surface area contributed by atoms with E-state index in [-0.39, 0.29) is 24.8 Å². The molecule has 1 amide bonds. The molecule has 0 bridgehead atoms. The first kappa shape index (κ1) is 13.2. The average molecular weight is 221 g/mol. The predicted octanol–water partition coefficient (Wildman–Crippen LogP) is 1.71. The molecule has 80 valence electrons. The normalized spacial score (nSPS) is 24.9. The van der Waals surface area contributed by atoms with Crippen LogP contribution < -0.4 is 0 Å². The van der Waals surface area contributed by atoms with E-state index in [1.54, 1.807) is 0 Å². The largest absolute Gasteiger partial charge is 0.323 e. The number of nitrogens with zero attached hydrogens (tertiary/aromatic N) is 2. The molecule has 0 radical (unpaired) electrons. The lowest BCUT2D eigenvalue weighted by Crippen LogP contribution is -2.35. The number of nitriles is 1. The fraction of sp³-hybridized carbons (Fsp3) is 0.778. The number of carbonyl (C=O) groups is 1. The second kappa shape index (κ2) is 6.61. The molecule has 0 aromatic rings. The zero-order chi connectivity index (χ0) is 11.1. The van der Waals surface area contributed by atoms with Crippen molar-refractivity contribution in [2.75, 3.05) is 12.4 Å². The smallest absolute Gasteiger partial charge is 0.238 e. The van der Waals surface area contributed by atoms with Crippen LogP contribution >= 0.6 is 11.6 Å². The van der Waals surface area contributed by atoms with Crippen LogP contribution in [0, 0.1) is 11.3 Å². The van der Waals surface area contributed by atoms with E-state index in [1.165, 1.54) is 4.90 Å². The van der Waals surface area contributed by atoms with Crippen molar-refractivity contribution in [3.8, 4) is 6.07 Å². The number of carbonyl (C=O) groups excluding carboxylic acids is 1. The highest BCUT2D eigenvalue weighted by Gasteiger charge is 2.34. The van der Waals surface area contributed by atoms with Crippen LogP contribution in [0.25, 0.3) is 0 Å². The number of amides is 1. The van der Waals surface area contributed by atoms with Gasteiger partial charge in [-0.2, -0.15) is 5.26 Å². The molecule has 1 heterocycles. The van der Waals surface area contributed by atoms with E-state index in [9.17, 15) is 9.18 Å². The SMILES string of the molecule is CC.N#CC1CC(F)CN1C(=O)CCl. The van der Waals surface area contributed by atoms with Crippen molar-refractivity contribution in [3.05, 3.63) is 0 Å². The maximum Gasteiger partial charge on any atom is 0.238 e. The van der Waals surface area contributed by atoms with E-state index in [1.807, 2.05) is 19.9 Å². The zero-order valence-corrected chi connectivity index (χ0v) is 9.09. The fourth-order valence-corrected chi connectivity index (χ4v) is 1.41. The molecule has 0 saturated carbocycles. The van der Waals surface area contributed by atoms with Crippen LogP contribution in [0.1, 0.15) is 20.3 Å². The molecule has 1 fully saturated rings. The quantitative estimate of drug-likeness (QED) is 0.632. The minimum absolute atomic E-state index is 0.00375. The molecule has 3 nitrogen and oxygen atoms in total. The molecule has 1 aliphatic heterocycles. The summed E-state index contributed by atoms with van der Waals surface area (Å²) in [5.74, 6) is -0.561. The standard InChI is InChI=1S/C7H8ClFN2O.C2H6/c8-2-7(12)11-4-5(9)1-6(11)3-10;1-2/h5-6H,1-2,4H2;1-2H3. The summed E-state index contributed by atoms with van der Waals surface area (Å²) in [5, 5.41) is 8.54. The Balaban J connectivity index is 0.000000791. The Morgan fingerprint density at radius 2 is 2.29 bits per heavy atom. The molecule has 0 N–H and O–H groups in total. The third-order valence-electron chi connectivity index (χ3n) is 1.83. The maximum atomic E-state index is 12.7. The van der Waals surface area contributed by atoms with Crippen LogP contribution in [0.3, 0.4) is 0 Å². The minimum atomic E-state index is -1.08. The highest BCUT2D eigenvalue weighted by atomic mass is 35.5. The Bertz CT molecular complexity index is 229. The summed E-state index contributed by atoms with van der Waals surface area (Å²) in [7, 11) is 0. The van der Waals surface area contributed by atoms with E-state index in [4.69, 9.17) is 16.9 Å². The van der Waals surface area contributed by atoms with Crippen LogP contribution in [0.5, 0.6) is 0 Å². The summed E-state index contributed by atoms with van der Waals surface area (Å²) >= 11 is 5.28. The maximum absolute atomic E-state index is 12.7. The Morgan fingerprint density at radius 3 is 2.71 bits per heavy atom. The number of halogens is 2. The minimum Gasteiger partial charge on any atom is -0.323 e. The zero-order valence-electron chi connectivity index (χ0n) is 8.33. The molecule has 0 aromatic carbocycles. The highest BCUT2D eigenvalue weighted by molar-refractivity contribution is 6.27. The van der Waals surface area contributed by atoms with Gasteiger partial charge in [-0.15, -0.1) is 11.6 Å². The number of hydrogen-bond donors (Lipinski definition) is 0. The average Bonchev–Trinajstić information content (AvgIpc) is 2.61. The van der Waals surface area contributed by atoms with Crippen LogP contribution in [0.4, 0.5) is 4.39 Å². The number of alkyl halides is 2. The first-order valence-electron chi connectivity index (χ1n) is 4.58. The van der Waals surface area contributed by atoms with Gasteiger partial charge in [0.1, 0.15) is 18.1 Å². The Morgan fingerprint density at radius 1 is 1.71 bits per heavy atom. The summed E-state index contributed by atoms with van der Waals surface area (Å²) in [4.78, 5) is 12.2. The van der Waals surface area contributed by atoms with Gasteiger partial charge in [0.15, 0.2) is 0 Å². The van der Waals surface area contributed by atoms with Crippen molar-refractivity contribution >= 4 is 17.5 Å². The molecule has 1 saturated heterocycles. The van der Waals surface area contributed by atoms with Crippen molar-refractivity contribution in [2.24, 2.45) is 0 Å². The van der Waals surface area contributed by atoms with Crippen molar-refractivity contribution in [2.45, 2.75) is 32.5 Å². The van der Waals surface area contributed by atoms with Gasteiger partial charge >= 0.3 is 0 Å². The first-order chi connectivity index (χ1) is 6.69. The van der Waals surface area contributed by atoms with Gasteiger partial charge < -0.3 is 4.90 Å². The van der Waals surface area contributed by atoms with Gasteiger partial charge in [0.25, 0.3) is 0 Å². The van der Waals surface area contributed by atoms with Crippen LogP contribution in [0.15, 0.2) is 0 Å².